The monoisotopic (exact) mass is 279 g/mol. The quantitative estimate of drug-likeness (QED) is 0.892. The molecule has 6 heteroatoms. The third kappa shape index (κ3) is 2.80. The molecule has 2 aromatic rings. The molecule has 0 spiro atoms. The van der Waals surface area contributed by atoms with Crippen molar-refractivity contribution in [2.75, 3.05) is 0 Å². The van der Waals surface area contributed by atoms with E-state index in [1.165, 1.54) is 11.3 Å². The van der Waals surface area contributed by atoms with Crippen LogP contribution < -0.4 is 5.73 Å². The second-order valence-electron chi connectivity index (χ2n) is 3.28. The van der Waals surface area contributed by atoms with Gasteiger partial charge in [0.05, 0.1) is 6.04 Å². The molecule has 0 fully saturated rings. The van der Waals surface area contributed by atoms with Gasteiger partial charge in [0.25, 0.3) is 0 Å². The maximum Gasteiger partial charge on any atom is 0.134 e. The first-order valence-corrected chi connectivity index (χ1v) is 5.41. The Morgan fingerprint density at radius 3 is 2.18 bits per heavy atom. The third-order valence-electron chi connectivity index (χ3n) is 2.20. The van der Waals surface area contributed by atoms with Gasteiger partial charge in [-0.25, -0.2) is 13.2 Å². The van der Waals surface area contributed by atoms with E-state index in [0.717, 1.165) is 0 Å². The molecule has 0 bridgehead atoms. The zero-order chi connectivity index (χ0) is 11.7. The van der Waals surface area contributed by atoms with Gasteiger partial charge >= 0.3 is 0 Å². The Hall–Kier alpha value is -1.04. The summed E-state index contributed by atoms with van der Waals surface area (Å²) in [5.41, 5.74) is 5.42. The highest BCUT2D eigenvalue weighted by molar-refractivity contribution is 7.10. The van der Waals surface area contributed by atoms with Gasteiger partial charge in [0.2, 0.25) is 0 Å². The van der Waals surface area contributed by atoms with Gasteiger partial charge in [0.15, 0.2) is 0 Å². The molecule has 2 rings (SSSR count). The van der Waals surface area contributed by atoms with Crippen molar-refractivity contribution in [2.45, 2.75) is 6.04 Å². The number of nitrogens with two attached hydrogens (primary N) is 1. The van der Waals surface area contributed by atoms with Gasteiger partial charge in [-0.2, -0.15) is 0 Å². The molecule has 0 saturated carbocycles. The van der Waals surface area contributed by atoms with Gasteiger partial charge in [-0.15, -0.1) is 23.7 Å². The first kappa shape index (κ1) is 14.0. The molecule has 1 nitrogen and oxygen atoms in total. The molecule has 1 heterocycles. The molecule has 0 radical (unpaired) electrons. The average molecular weight is 280 g/mol. The summed E-state index contributed by atoms with van der Waals surface area (Å²) >= 11 is 1.30. The van der Waals surface area contributed by atoms with Gasteiger partial charge in [-0.3, -0.25) is 0 Å². The highest BCUT2D eigenvalue weighted by atomic mass is 35.5. The molecule has 0 unspecified atom stereocenters. The molecular weight excluding hydrogens is 271 g/mol. The maximum atomic E-state index is 13.4. The topological polar surface area (TPSA) is 26.0 Å². The van der Waals surface area contributed by atoms with Crippen molar-refractivity contribution >= 4 is 23.7 Å². The SMILES string of the molecule is Cl.N[C@H](c1cccs1)c1c(F)cc(F)cc1F. The van der Waals surface area contributed by atoms with Crippen LogP contribution in [0.4, 0.5) is 13.2 Å². The highest BCUT2D eigenvalue weighted by Crippen LogP contribution is 2.28. The molecule has 0 aliphatic carbocycles. The fourth-order valence-electron chi connectivity index (χ4n) is 1.46. The molecule has 1 aromatic heterocycles. The summed E-state index contributed by atoms with van der Waals surface area (Å²) in [6.45, 7) is 0. The summed E-state index contributed by atoms with van der Waals surface area (Å²) in [5.74, 6) is -2.87. The van der Waals surface area contributed by atoms with Crippen LogP contribution in [-0.2, 0) is 0 Å². The predicted molar refractivity (Wildman–Crippen MR) is 63.9 cm³/mol. The van der Waals surface area contributed by atoms with Crippen LogP contribution in [0.1, 0.15) is 16.5 Å². The molecule has 0 amide bonds. The van der Waals surface area contributed by atoms with Crippen molar-refractivity contribution in [3.63, 3.8) is 0 Å². The van der Waals surface area contributed by atoms with Crippen LogP contribution in [0.15, 0.2) is 29.6 Å². The lowest BCUT2D eigenvalue weighted by Gasteiger charge is -2.12. The number of hydrogen-bond acceptors (Lipinski definition) is 2. The molecule has 0 aliphatic heterocycles. The van der Waals surface area contributed by atoms with Crippen LogP contribution in [0.25, 0.3) is 0 Å². The molecular formula is C11H9ClF3NS. The second-order valence-corrected chi connectivity index (χ2v) is 4.26. The van der Waals surface area contributed by atoms with Gasteiger partial charge in [-0.05, 0) is 11.4 Å². The lowest BCUT2D eigenvalue weighted by atomic mass is 10.0. The van der Waals surface area contributed by atoms with Gasteiger partial charge in [-0.1, -0.05) is 6.07 Å². The first-order chi connectivity index (χ1) is 7.59. The minimum absolute atomic E-state index is 0. The number of benzene rings is 1. The van der Waals surface area contributed by atoms with E-state index < -0.39 is 23.5 Å². The number of rotatable bonds is 2. The number of hydrogen-bond donors (Lipinski definition) is 1. The Kier molecular flexibility index (Phi) is 4.56. The fraction of sp³-hybridized carbons (Fsp3) is 0.0909. The van der Waals surface area contributed by atoms with E-state index in [2.05, 4.69) is 0 Å². The Morgan fingerprint density at radius 1 is 1.12 bits per heavy atom. The summed E-state index contributed by atoms with van der Waals surface area (Å²) in [6, 6.07) is 3.77. The summed E-state index contributed by atoms with van der Waals surface area (Å²) < 4.78 is 39.5. The van der Waals surface area contributed by atoms with Crippen molar-refractivity contribution in [3.05, 3.63) is 57.5 Å². The van der Waals surface area contributed by atoms with Crippen LogP contribution in [0.2, 0.25) is 0 Å². The van der Waals surface area contributed by atoms with E-state index in [4.69, 9.17) is 5.73 Å². The minimum Gasteiger partial charge on any atom is -0.319 e. The minimum atomic E-state index is -0.960. The first-order valence-electron chi connectivity index (χ1n) is 4.53. The standard InChI is InChI=1S/C11H8F3NS.ClH/c12-6-4-7(13)10(8(14)5-6)11(15)9-2-1-3-16-9;/h1-5,11H,15H2;1H/t11-;/m1./s1. The summed E-state index contributed by atoms with van der Waals surface area (Å²) in [4.78, 5) is 0.629. The van der Waals surface area contributed by atoms with E-state index in [-0.39, 0.29) is 18.0 Å². The maximum absolute atomic E-state index is 13.4. The van der Waals surface area contributed by atoms with Crippen LogP contribution in [0.3, 0.4) is 0 Å². The average Bonchev–Trinajstić information content (AvgIpc) is 2.67. The van der Waals surface area contributed by atoms with Crippen LogP contribution in [0.5, 0.6) is 0 Å². The summed E-state index contributed by atoms with van der Waals surface area (Å²) in [6.07, 6.45) is 0. The van der Waals surface area contributed by atoms with E-state index in [9.17, 15) is 13.2 Å². The van der Waals surface area contributed by atoms with Crippen molar-refractivity contribution < 1.29 is 13.2 Å². The molecule has 1 aromatic carbocycles. The van der Waals surface area contributed by atoms with Crippen molar-refractivity contribution in [1.82, 2.24) is 0 Å². The van der Waals surface area contributed by atoms with Crippen molar-refractivity contribution in [2.24, 2.45) is 5.73 Å². The second kappa shape index (κ2) is 5.53. The largest absolute Gasteiger partial charge is 0.319 e. The predicted octanol–water partition coefficient (Wildman–Crippen LogP) is 3.64. The van der Waals surface area contributed by atoms with Gasteiger partial charge in [0, 0.05) is 22.6 Å². The molecule has 2 N–H and O–H groups in total. The van der Waals surface area contributed by atoms with Crippen LogP contribution in [0, 0.1) is 17.5 Å². The van der Waals surface area contributed by atoms with E-state index in [1.54, 1.807) is 17.5 Å². The van der Waals surface area contributed by atoms with E-state index in [0.29, 0.717) is 17.0 Å². The zero-order valence-electron chi connectivity index (χ0n) is 8.49. The number of thiophene rings is 1. The fourth-order valence-corrected chi connectivity index (χ4v) is 2.20. The third-order valence-corrected chi connectivity index (χ3v) is 3.16. The molecule has 17 heavy (non-hydrogen) atoms. The summed E-state index contributed by atoms with van der Waals surface area (Å²) in [7, 11) is 0. The highest BCUT2D eigenvalue weighted by Gasteiger charge is 2.20. The molecule has 1 atom stereocenters. The summed E-state index contributed by atoms with van der Waals surface area (Å²) in [5, 5.41) is 1.76. The molecule has 0 aliphatic rings. The van der Waals surface area contributed by atoms with Gasteiger partial charge < -0.3 is 5.73 Å². The lowest BCUT2D eigenvalue weighted by molar-refractivity contribution is 0.516. The lowest BCUT2D eigenvalue weighted by Crippen LogP contribution is -2.14. The van der Waals surface area contributed by atoms with Crippen molar-refractivity contribution in [3.8, 4) is 0 Å². The Balaban J connectivity index is 0.00000144. The molecule has 0 saturated heterocycles. The van der Waals surface area contributed by atoms with E-state index >= 15 is 0 Å². The Labute approximate surface area is 106 Å². The zero-order valence-corrected chi connectivity index (χ0v) is 10.1. The Bertz CT molecular complexity index is 478. The van der Waals surface area contributed by atoms with Crippen molar-refractivity contribution in [1.29, 1.82) is 0 Å². The Morgan fingerprint density at radius 2 is 1.71 bits per heavy atom. The van der Waals surface area contributed by atoms with Crippen LogP contribution in [-0.4, -0.2) is 0 Å². The van der Waals surface area contributed by atoms with E-state index in [1.807, 2.05) is 0 Å². The molecule has 92 valence electrons. The normalized spacial score (nSPS) is 12.0. The smallest absolute Gasteiger partial charge is 0.134 e. The van der Waals surface area contributed by atoms with Gasteiger partial charge in [0.1, 0.15) is 17.5 Å². The van der Waals surface area contributed by atoms with Crippen LogP contribution >= 0.6 is 23.7 Å². The number of halogens is 4.